The minimum Gasteiger partial charge on any atom is -0.466 e. The predicted octanol–water partition coefficient (Wildman–Crippen LogP) is 2.70. The number of amides is 2. The lowest BCUT2D eigenvalue weighted by molar-refractivity contribution is -0.139. The molecule has 0 bridgehead atoms. The number of likely N-dealkylation sites (tertiary alicyclic amines) is 1. The van der Waals surface area contributed by atoms with Crippen molar-refractivity contribution < 1.29 is 14.0 Å². The molecule has 0 unspecified atom stereocenters. The molecule has 0 radical (unpaired) electrons. The first-order valence-electron chi connectivity index (χ1n) is 9.35. The van der Waals surface area contributed by atoms with E-state index in [4.69, 9.17) is 10.2 Å². The molecule has 0 aromatic carbocycles. The maximum Gasteiger partial charge on any atom is 0.255 e. The number of carbonyl (C=O) groups excluding carboxylic acids is 2. The lowest BCUT2D eigenvalue weighted by atomic mass is 9.81. The molecule has 2 amide bonds. The van der Waals surface area contributed by atoms with Crippen LogP contribution < -0.4 is 11.1 Å². The van der Waals surface area contributed by atoms with Gasteiger partial charge in [0.1, 0.15) is 11.5 Å². The number of rotatable bonds is 3. The molecule has 2 heterocycles. The second-order valence-corrected chi connectivity index (χ2v) is 7.58. The Kier molecular flexibility index (Phi) is 6.74. The first-order chi connectivity index (χ1) is 11.9. The summed E-state index contributed by atoms with van der Waals surface area (Å²) < 4.78 is 5.42. The Morgan fingerprint density at radius 3 is 2.35 bits per heavy atom. The second-order valence-electron chi connectivity index (χ2n) is 7.58. The number of nitrogens with one attached hydrogen (secondary N) is 1. The van der Waals surface area contributed by atoms with Crippen molar-refractivity contribution in [3.05, 3.63) is 23.2 Å². The third-order valence-corrected chi connectivity index (χ3v) is 5.57. The summed E-state index contributed by atoms with van der Waals surface area (Å²) >= 11 is 0. The number of piperidine rings is 1. The van der Waals surface area contributed by atoms with Gasteiger partial charge in [-0.1, -0.05) is 19.3 Å². The monoisotopic (exact) mass is 383 g/mol. The number of aryl methyl sites for hydroxylation is 2. The van der Waals surface area contributed by atoms with Gasteiger partial charge in [-0.2, -0.15) is 0 Å². The molecule has 0 atom stereocenters. The van der Waals surface area contributed by atoms with E-state index in [-0.39, 0.29) is 30.3 Å². The van der Waals surface area contributed by atoms with Crippen LogP contribution in [0.25, 0.3) is 0 Å². The van der Waals surface area contributed by atoms with E-state index in [2.05, 4.69) is 5.32 Å². The van der Waals surface area contributed by atoms with E-state index in [9.17, 15) is 9.59 Å². The summed E-state index contributed by atoms with van der Waals surface area (Å²) in [6.45, 7) is 4.95. The minimum atomic E-state index is -0.667. The van der Waals surface area contributed by atoms with E-state index in [1.807, 2.05) is 11.8 Å². The van der Waals surface area contributed by atoms with Crippen LogP contribution in [-0.2, 0) is 4.79 Å². The highest BCUT2D eigenvalue weighted by Crippen LogP contribution is 2.28. The number of hydrogen-bond donors (Lipinski definition) is 2. The van der Waals surface area contributed by atoms with E-state index in [0.717, 1.165) is 44.3 Å². The normalized spacial score (nSPS) is 20.3. The van der Waals surface area contributed by atoms with Gasteiger partial charge < -0.3 is 20.4 Å². The van der Waals surface area contributed by atoms with Crippen molar-refractivity contribution in [1.82, 2.24) is 10.2 Å². The van der Waals surface area contributed by atoms with E-state index in [1.54, 1.807) is 13.0 Å². The molecule has 0 spiro atoms. The van der Waals surface area contributed by atoms with Crippen molar-refractivity contribution in [2.75, 3.05) is 13.1 Å². The van der Waals surface area contributed by atoms with Gasteiger partial charge >= 0.3 is 0 Å². The van der Waals surface area contributed by atoms with Crippen molar-refractivity contribution in [2.45, 2.75) is 70.4 Å². The Balaban J connectivity index is 0.00000243. The van der Waals surface area contributed by atoms with Crippen molar-refractivity contribution in [1.29, 1.82) is 0 Å². The zero-order valence-electron chi connectivity index (χ0n) is 15.7. The fourth-order valence-electron chi connectivity index (χ4n) is 4.06. The Labute approximate surface area is 161 Å². The zero-order chi connectivity index (χ0) is 18.0. The molecule has 146 valence electrons. The average Bonchev–Trinajstić information content (AvgIpc) is 2.94. The Morgan fingerprint density at radius 2 is 1.81 bits per heavy atom. The van der Waals surface area contributed by atoms with Crippen molar-refractivity contribution >= 4 is 24.2 Å². The van der Waals surface area contributed by atoms with Gasteiger partial charge in [0, 0.05) is 19.1 Å². The zero-order valence-corrected chi connectivity index (χ0v) is 16.5. The Hall–Kier alpha value is -1.53. The largest absolute Gasteiger partial charge is 0.466 e. The van der Waals surface area contributed by atoms with Crippen LogP contribution in [0.15, 0.2) is 10.5 Å². The molecule has 1 aromatic rings. The van der Waals surface area contributed by atoms with Crippen LogP contribution in [0.2, 0.25) is 0 Å². The summed E-state index contributed by atoms with van der Waals surface area (Å²) in [4.78, 5) is 27.1. The summed E-state index contributed by atoms with van der Waals surface area (Å²) in [5.74, 6) is 1.38. The average molecular weight is 384 g/mol. The number of nitrogens with zero attached hydrogens (tertiary/aromatic N) is 1. The molecule has 1 aliphatic carbocycles. The molecule has 6 nitrogen and oxygen atoms in total. The highest BCUT2D eigenvalue weighted by molar-refractivity contribution is 5.95. The van der Waals surface area contributed by atoms with Crippen molar-refractivity contribution in [2.24, 2.45) is 5.73 Å². The van der Waals surface area contributed by atoms with Gasteiger partial charge in [0.25, 0.3) is 5.91 Å². The maximum absolute atomic E-state index is 12.8. The van der Waals surface area contributed by atoms with Gasteiger partial charge in [0.2, 0.25) is 5.91 Å². The third kappa shape index (κ3) is 4.41. The molecule has 26 heavy (non-hydrogen) atoms. The molecule has 1 saturated heterocycles. The van der Waals surface area contributed by atoms with Gasteiger partial charge in [-0.25, -0.2) is 0 Å². The number of nitrogens with two attached hydrogens (primary N) is 1. The first-order valence-corrected chi connectivity index (χ1v) is 9.35. The Morgan fingerprint density at radius 1 is 1.19 bits per heavy atom. The lowest BCUT2D eigenvalue weighted by Gasteiger charge is -2.40. The van der Waals surface area contributed by atoms with E-state index < -0.39 is 5.54 Å². The SMILES string of the molecule is Cc1cc(C(=O)NC2CCN(C(=O)C3(N)CCCCC3)CC2)c(C)o1.Cl. The fourth-order valence-corrected chi connectivity index (χ4v) is 4.06. The van der Waals surface area contributed by atoms with Crippen LogP contribution in [0, 0.1) is 13.8 Å². The summed E-state index contributed by atoms with van der Waals surface area (Å²) in [5, 5.41) is 3.07. The van der Waals surface area contributed by atoms with E-state index in [0.29, 0.717) is 24.4 Å². The van der Waals surface area contributed by atoms with E-state index in [1.165, 1.54) is 6.42 Å². The van der Waals surface area contributed by atoms with Gasteiger partial charge in [0.15, 0.2) is 0 Å². The molecule has 3 N–H and O–H groups in total. The van der Waals surface area contributed by atoms with Gasteiger partial charge in [-0.3, -0.25) is 9.59 Å². The smallest absolute Gasteiger partial charge is 0.255 e. The maximum atomic E-state index is 12.8. The molecule has 1 aromatic heterocycles. The van der Waals surface area contributed by atoms with Crippen LogP contribution in [0.1, 0.15) is 66.8 Å². The van der Waals surface area contributed by atoms with Crippen LogP contribution in [0.5, 0.6) is 0 Å². The minimum absolute atomic E-state index is 0. The standard InChI is InChI=1S/C19H29N3O3.ClH/c1-13-12-16(14(2)25-13)17(23)21-15-6-10-22(11-7-15)18(24)19(20)8-4-3-5-9-19;/h12,15H,3-11,20H2,1-2H3,(H,21,23);1H. The summed E-state index contributed by atoms with van der Waals surface area (Å²) in [6, 6.07) is 1.86. The summed E-state index contributed by atoms with van der Waals surface area (Å²) in [7, 11) is 0. The number of halogens is 1. The number of carbonyl (C=O) groups is 2. The van der Waals surface area contributed by atoms with Crippen molar-refractivity contribution in [3.63, 3.8) is 0 Å². The highest BCUT2D eigenvalue weighted by Gasteiger charge is 2.39. The predicted molar refractivity (Wildman–Crippen MR) is 103 cm³/mol. The van der Waals surface area contributed by atoms with Gasteiger partial charge in [0.05, 0.1) is 11.1 Å². The molecule has 2 aliphatic rings. The van der Waals surface area contributed by atoms with Crippen LogP contribution in [-0.4, -0.2) is 41.4 Å². The molecular weight excluding hydrogens is 354 g/mol. The highest BCUT2D eigenvalue weighted by atomic mass is 35.5. The van der Waals surface area contributed by atoms with Gasteiger partial charge in [-0.05, 0) is 45.6 Å². The van der Waals surface area contributed by atoms with Crippen LogP contribution in [0.4, 0.5) is 0 Å². The van der Waals surface area contributed by atoms with Crippen molar-refractivity contribution in [3.8, 4) is 0 Å². The molecule has 1 aliphatic heterocycles. The second kappa shape index (κ2) is 8.44. The number of furan rings is 1. The summed E-state index contributed by atoms with van der Waals surface area (Å²) in [6.07, 6.45) is 6.37. The molecule has 7 heteroatoms. The van der Waals surface area contributed by atoms with Crippen LogP contribution >= 0.6 is 12.4 Å². The lowest BCUT2D eigenvalue weighted by Crippen LogP contribution is -2.58. The third-order valence-electron chi connectivity index (χ3n) is 5.57. The van der Waals surface area contributed by atoms with Gasteiger partial charge in [-0.15, -0.1) is 12.4 Å². The number of hydrogen-bond acceptors (Lipinski definition) is 4. The Bertz CT molecular complexity index is 644. The fraction of sp³-hybridized carbons (Fsp3) is 0.684. The van der Waals surface area contributed by atoms with Crippen LogP contribution in [0.3, 0.4) is 0 Å². The first kappa shape index (κ1) is 20.8. The molecule has 3 rings (SSSR count). The molecular formula is C19H30ClN3O3. The quantitative estimate of drug-likeness (QED) is 0.839. The summed E-state index contributed by atoms with van der Waals surface area (Å²) in [5.41, 5.74) is 6.30. The molecule has 1 saturated carbocycles. The molecule has 2 fully saturated rings. The van der Waals surface area contributed by atoms with E-state index >= 15 is 0 Å². The topological polar surface area (TPSA) is 88.6 Å².